The zero-order chi connectivity index (χ0) is 33.5. The normalized spacial score (nSPS) is 17.8. The van der Waals surface area contributed by atoms with Crippen LogP contribution in [0.4, 0.5) is 74.6 Å². The van der Waals surface area contributed by atoms with Gasteiger partial charge in [0.15, 0.2) is 21.7 Å². The van der Waals surface area contributed by atoms with Crippen molar-refractivity contribution in [3.8, 4) is 0 Å². The van der Waals surface area contributed by atoms with Crippen LogP contribution in [-0.2, 0) is 30.5 Å². The first-order valence-corrected chi connectivity index (χ1v) is 13.3. The van der Waals surface area contributed by atoms with E-state index >= 15 is 0 Å². The number of carbonyl (C=O) groups is 1. The van der Waals surface area contributed by atoms with Gasteiger partial charge in [0.25, 0.3) is 0 Å². The molecule has 0 bridgehead atoms. The Morgan fingerprint density at radius 1 is 0.683 bits per heavy atom. The van der Waals surface area contributed by atoms with Crippen molar-refractivity contribution in [1.29, 1.82) is 0 Å². The standard InChI is InChI=1S/C9H17O2S.C8HF17O3S/c1-8(2)9(10)7-12-5-3-11-4-6-12;9-1(10,3(13,14)5(17,18)7(21,22)23)2(11,12)4(15,16)6(19,20)8(24,25)29(26,27)28/h8H,3-7H2,1-2H3;(H,26,27,28)/q+1;/p-1. The first-order valence-electron chi connectivity index (χ1n) is 10.1. The average molecular weight is 688 g/mol. The van der Waals surface area contributed by atoms with E-state index in [0.717, 1.165) is 30.5 Å². The molecule has 1 rings (SSSR count). The van der Waals surface area contributed by atoms with Crippen molar-refractivity contribution in [2.75, 3.05) is 30.5 Å². The van der Waals surface area contributed by atoms with Gasteiger partial charge in [-0.05, 0) is 10.9 Å². The molecule has 0 aromatic carbocycles. The number of ether oxygens (including phenoxy) is 1. The monoisotopic (exact) mass is 688 g/mol. The molecule has 41 heavy (non-hydrogen) atoms. The first kappa shape index (κ1) is 39.7. The molecule has 0 aromatic rings. The van der Waals surface area contributed by atoms with Crippen LogP contribution < -0.4 is 0 Å². The molecule has 1 aliphatic rings. The number of alkyl halides is 17. The average Bonchev–Trinajstić information content (AvgIpc) is 2.77. The van der Waals surface area contributed by atoms with Gasteiger partial charge in [0, 0.05) is 5.92 Å². The Morgan fingerprint density at radius 3 is 1.29 bits per heavy atom. The van der Waals surface area contributed by atoms with Crippen LogP contribution >= 0.6 is 0 Å². The van der Waals surface area contributed by atoms with E-state index < -0.39 is 57.1 Å². The van der Waals surface area contributed by atoms with Gasteiger partial charge in [-0.25, -0.2) is 8.42 Å². The van der Waals surface area contributed by atoms with Crippen LogP contribution in [0.15, 0.2) is 0 Å². The maximum absolute atomic E-state index is 13.0. The maximum Gasteiger partial charge on any atom is 0.460 e. The van der Waals surface area contributed by atoms with E-state index in [2.05, 4.69) is 0 Å². The second-order valence-corrected chi connectivity index (χ2v) is 12.1. The molecule has 0 spiro atoms. The number of Topliss-reactive ketones (excluding diaryl/α,β-unsaturated/α-hetero) is 1. The summed E-state index contributed by atoms with van der Waals surface area (Å²) in [6.45, 7) is 5.67. The molecule has 0 amide bonds. The fourth-order valence-electron chi connectivity index (χ4n) is 2.38. The Bertz CT molecular complexity index is 1020. The number of halogens is 17. The lowest BCUT2D eigenvalue weighted by Gasteiger charge is -2.42. The van der Waals surface area contributed by atoms with E-state index in [1.807, 2.05) is 13.8 Å². The van der Waals surface area contributed by atoms with Gasteiger partial charge in [0.2, 0.25) is 0 Å². The molecule has 24 heteroatoms. The summed E-state index contributed by atoms with van der Waals surface area (Å²) in [4.78, 5) is 11.4. The van der Waals surface area contributed by atoms with Gasteiger partial charge in [0.1, 0.15) is 11.5 Å². The van der Waals surface area contributed by atoms with Crippen LogP contribution in [0.25, 0.3) is 0 Å². The predicted octanol–water partition coefficient (Wildman–Crippen LogP) is 5.36. The Kier molecular flexibility index (Phi) is 11.6. The molecule has 1 aliphatic heterocycles. The smallest absolute Gasteiger partial charge is 0.460 e. The summed E-state index contributed by atoms with van der Waals surface area (Å²) < 4.78 is 249. The van der Waals surface area contributed by atoms with Crippen molar-refractivity contribution in [3.05, 3.63) is 0 Å². The summed E-state index contributed by atoms with van der Waals surface area (Å²) in [6, 6.07) is 0. The van der Waals surface area contributed by atoms with E-state index in [1.165, 1.54) is 0 Å². The highest BCUT2D eigenvalue weighted by atomic mass is 32.2. The number of hydrogen-bond acceptors (Lipinski definition) is 5. The van der Waals surface area contributed by atoms with Crippen LogP contribution in [0.5, 0.6) is 0 Å². The molecule has 0 aliphatic carbocycles. The minimum atomic E-state index is -8.92. The molecule has 0 unspecified atom stereocenters. The fourth-order valence-corrected chi connectivity index (χ4v) is 4.75. The van der Waals surface area contributed by atoms with E-state index in [1.54, 1.807) is 0 Å². The summed E-state index contributed by atoms with van der Waals surface area (Å²) in [6.07, 6.45) is -7.89. The van der Waals surface area contributed by atoms with Gasteiger partial charge >= 0.3 is 47.0 Å². The largest absolute Gasteiger partial charge is 0.743 e. The molecule has 1 saturated heterocycles. The third-order valence-corrected chi connectivity index (χ3v) is 8.10. The van der Waals surface area contributed by atoms with Crippen molar-refractivity contribution in [3.63, 3.8) is 0 Å². The summed E-state index contributed by atoms with van der Waals surface area (Å²) in [5.41, 5.74) is 0. The summed E-state index contributed by atoms with van der Waals surface area (Å²) in [7, 11) is -7.81. The van der Waals surface area contributed by atoms with Gasteiger partial charge in [0.05, 0.1) is 13.2 Å². The molecule has 0 N–H and O–H groups in total. The molecule has 0 atom stereocenters. The molecule has 246 valence electrons. The van der Waals surface area contributed by atoms with Gasteiger partial charge < -0.3 is 9.29 Å². The van der Waals surface area contributed by atoms with Crippen LogP contribution in [0, 0.1) is 5.92 Å². The van der Waals surface area contributed by atoms with E-state index in [4.69, 9.17) is 4.74 Å². The SMILES string of the molecule is CC(C)C(=O)C[S+]1CCOCC1.O=S(=O)([O-])C(F)(F)C(F)(F)C(F)(F)C(F)(F)C(F)(F)C(F)(F)C(F)(F)C(F)(F)F. The van der Waals surface area contributed by atoms with Gasteiger partial charge in [-0.15, -0.1) is 0 Å². The Labute approximate surface area is 221 Å². The van der Waals surface area contributed by atoms with Gasteiger partial charge in [-0.1, -0.05) is 13.8 Å². The Hall–Kier alpha value is -1.30. The first-order chi connectivity index (χ1) is 17.7. The quantitative estimate of drug-likeness (QED) is 0.176. The number of hydrogen-bond donors (Lipinski definition) is 0. The van der Waals surface area contributed by atoms with E-state index in [9.17, 15) is 92.4 Å². The molecule has 1 heterocycles. The van der Waals surface area contributed by atoms with Crippen molar-refractivity contribution in [1.82, 2.24) is 0 Å². The van der Waals surface area contributed by atoms with Gasteiger partial charge in [-0.3, -0.25) is 4.79 Å². The third-order valence-electron chi connectivity index (χ3n) is 5.03. The maximum atomic E-state index is 13.0. The lowest BCUT2D eigenvalue weighted by atomic mass is 9.91. The Balaban J connectivity index is 0.00000110. The zero-order valence-corrected chi connectivity index (χ0v) is 21.5. The summed E-state index contributed by atoms with van der Waals surface area (Å²) in [5, 5.41) is -7.95. The number of carbonyl (C=O) groups excluding carboxylic acids is 1. The van der Waals surface area contributed by atoms with Crippen molar-refractivity contribution >= 4 is 26.8 Å². The topological polar surface area (TPSA) is 83.5 Å². The second-order valence-electron chi connectivity index (χ2n) is 8.31. The molecule has 5 nitrogen and oxygen atoms in total. The minimum Gasteiger partial charge on any atom is -0.743 e. The minimum absolute atomic E-state index is 0.209. The zero-order valence-electron chi connectivity index (χ0n) is 19.9. The summed E-state index contributed by atoms with van der Waals surface area (Å²) in [5.74, 6) is -48.5. The number of ketones is 1. The van der Waals surface area contributed by atoms with Gasteiger partial charge in [-0.2, -0.15) is 74.6 Å². The lowest BCUT2D eigenvalue weighted by molar-refractivity contribution is -0.458. The van der Waals surface area contributed by atoms with Crippen LogP contribution in [0.1, 0.15) is 13.8 Å². The summed E-state index contributed by atoms with van der Waals surface area (Å²) >= 11 is 0. The molecular weight excluding hydrogens is 671 g/mol. The molecular formula is C17H17F17O5S2. The number of rotatable bonds is 10. The second kappa shape index (κ2) is 12.0. The highest BCUT2D eigenvalue weighted by Crippen LogP contribution is 2.64. The highest BCUT2D eigenvalue weighted by Gasteiger charge is 2.95. The van der Waals surface area contributed by atoms with Crippen molar-refractivity contribution in [2.45, 2.75) is 60.8 Å². The van der Waals surface area contributed by atoms with Crippen molar-refractivity contribution < 1.29 is 97.1 Å². The molecule has 0 saturated carbocycles. The third kappa shape index (κ3) is 6.93. The fraction of sp³-hybridized carbons (Fsp3) is 0.941. The van der Waals surface area contributed by atoms with Crippen LogP contribution in [0.2, 0.25) is 0 Å². The molecule has 0 aromatic heterocycles. The molecule has 1 fully saturated rings. The van der Waals surface area contributed by atoms with Crippen LogP contribution in [-0.4, -0.2) is 96.2 Å². The van der Waals surface area contributed by atoms with Crippen molar-refractivity contribution in [2.24, 2.45) is 5.92 Å². The highest BCUT2D eigenvalue weighted by molar-refractivity contribution is 7.97. The lowest BCUT2D eigenvalue weighted by Crippen LogP contribution is -2.75. The molecule has 0 radical (unpaired) electrons. The van der Waals surface area contributed by atoms with Crippen LogP contribution in [0.3, 0.4) is 0 Å². The van der Waals surface area contributed by atoms with E-state index in [0.29, 0.717) is 16.7 Å². The van der Waals surface area contributed by atoms with E-state index in [-0.39, 0.29) is 5.92 Å². The predicted molar refractivity (Wildman–Crippen MR) is 103 cm³/mol. The Morgan fingerprint density at radius 2 is 1.00 bits per heavy atom.